The van der Waals surface area contributed by atoms with Gasteiger partial charge in [-0.2, -0.15) is 0 Å². The number of ether oxygens (including phenoxy) is 2. The van der Waals surface area contributed by atoms with Crippen LogP contribution in [0.4, 0.5) is 5.82 Å². The Morgan fingerprint density at radius 1 is 1.10 bits per heavy atom. The van der Waals surface area contributed by atoms with Gasteiger partial charge in [-0.05, 0) is 43.2 Å². The van der Waals surface area contributed by atoms with Crippen molar-refractivity contribution in [2.24, 2.45) is 0 Å². The molecule has 1 aromatic carbocycles. The molecular formula is C23H29ClN4O3. The van der Waals surface area contributed by atoms with E-state index in [1.54, 1.807) is 20.4 Å². The molecule has 4 rings (SSSR count). The molecule has 3 heterocycles. The number of piperazine rings is 1. The second kappa shape index (κ2) is 9.75. The van der Waals surface area contributed by atoms with Gasteiger partial charge >= 0.3 is 0 Å². The first-order chi connectivity index (χ1) is 15.1. The second-order valence-corrected chi connectivity index (χ2v) is 8.39. The number of hydrogen-bond acceptors (Lipinski definition) is 6. The second-order valence-electron chi connectivity index (χ2n) is 7.95. The van der Waals surface area contributed by atoms with Crippen molar-refractivity contribution in [2.45, 2.75) is 18.9 Å². The minimum Gasteiger partial charge on any atom is -0.497 e. The van der Waals surface area contributed by atoms with E-state index in [-0.39, 0.29) is 11.9 Å². The number of likely N-dealkylation sites (tertiary alicyclic amines) is 1. The summed E-state index contributed by atoms with van der Waals surface area (Å²) in [5.41, 5.74) is 1.02. The summed E-state index contributed by atoms with van der Waals surface area (Å²) < 4.78 is 11.0. The molecule has 1 atom stereocenters. The Morgan fingerprint density at radius 2 is 1.90 bits per heavy atom. The van der Waals surface area contributed by atoms with Crippen LogP contribution in [0.1, 0.15) is 24.4 Å². The van der Waals surface area contributed by atoms with E-state index in [4.69, 9.17) is 21.1 Å². The summed E-state index contributed by atoms with van der Waals surface area (Å²) in [6.45, 7) is 4.56. The summed E-state index contributed by atoms with van der Waals surface area (Å²) in [5.74, 6) is 2.68. The number of rotatable bonds is 6. The molecule has 2 aliphatic heterocycles. The van der Waals surface area contributed by atoms with Crippen LogP contribution in [0.2, 0.25) is 5.02 Å². The SMILES string of the molecule is COc1ccc(OC)c(C2CCCN2C(=O)CN2CCN(c3ccc(Cl)cn3)CC2)c1. The van der Waals surface area contributed by atoms with Gasteiger partial charge in [0, 0.05) is 44.5 Å². The van der Waals surface area contributed by atoms with E-state index >= 15 is 0 Å². The van der Waals surface area contributed by atoms with Crippen LogP contribution in [0, 0.1) is 0 Å². The number of methoxy groups -OCH3 is 2. The smallest absolute Gasteiger partial charge is 0.237 e. The fourth-order valence-electron chi connectivity index (χ4n) is 4.46. The summed E-state index contributed by atoms with van der Waals surface area (Å²) in [7, 11) is 3.32. The minimum absolute atomic E-state index is 0.0251. The minimum atomic E-state index is 0.0251. The molecule has 2 fully saturated rings. The van der Waals surface area contributed by atoms with Crippen molar-refractivity contribution in [2.75, 3.05) is 58.4 Å². The third-order valence-corrected chi connectivity index (χ3v) is 6.36. The van der Waals surface area contributed by atoms with Crippen molar-refractivity contribution in [1.82, 2.24) is 14.8 Å². The lowest BCUT2D eigenvalue weighted by Gasteiger charge is -2.36. The number of aromatic nitrogens is 1. The van der Waals surface area contributed by atoms with Crippen molar-refractivity contribution < 1.29 is 14.3 Å². The van der Waals surface area contributed by atoms with Gasteiger partial charge in [-0.15, -0.1) is 0 Å². The van der Waals surface area contributed by atoms with Crippen molar-refractivity contribution >= 4 is 23.3 Å². The van der Waals surface area contributed by atoms with Crippen molar-refractivity contribution in [3.05, 3.63) is 47.1 Å². The molecule has 0 spiro atoms. The van der Waals surface area contributed by atoms with Crippen LogP contribution in [-0.4, -0.2) is 74.2 Å². The van der Waals surface area contributed by atoms with Crippen LogP contribution < -0.4 is 14.4 Å². The number of hydrogen-bond donors (Lipinski definition) is 0. The van der Waals surface area contributed by atoms with Gasteiger partial charge in [0.25, 0.3) is 0 Å². The standard InChI is InChI=1S/C23H29ClN4O3/c1-30-18-6-7-21(31-2)19(14-18)20-4-3-9-28(20)23(29)16-26-10-12-27(13-11-26)22-8-5-17(24)15-25-22/h5-8,14-15,20H,3-4,9-13,16H2,1-2H3. The zero-order valence-electron chi connectivity index (χ0n) is 18.1. The molecule has 8 heteroatoms. The number of amides is 1. The van der Waals surface area contributed by atoms with Crippen LogP contribution in [-0.2, 0) is 4.79 Å². The molecule has 7 nitrogen and oxygen atoms in total. The molecule has 31 heavy (non-hydrogen) atoms. The lowest BCUT2D eigenvalue weighted by Crippen LogP contribution is -2.50. The number of carbonyl (C=O) groups excluding carboxylic acids is 1. The first-order valence-corrected chi connectivity index (χ1v) is 11.1. The third-order valence-electron chi connectivity index (χ3n) is 6.14. The highest BCUT2D eigenvalue weighted by Crippen LogP contribution is 2.39. The molecule has 0 N–H and O–H groups in total. The molecule has 1 unspecified atom stereocenters. The van der Waals surface area contributed by atoms with E-state index in [1.165, 1.54) is 0 Å². The van der Waals surface area contributed by atoms with Crippen LogP contribution in [0.3, 0.4) is 0 Å². The Hall–Kier alpha value is -2.51. The lowest BCUT2D eigenvalue weighted by molar-refractivity contribution is -0.133. The highest BCUT2D eigenvalue weighted by Gasteiger charge is 2.33. The van der Waals surface area contributed by atoms with Crippen LogP contribution in [0.5, 0.6) is 11.5 Å². The molecule has 166 valence electrons. The average molecular weight is 445 g/mol. The van der Waals surface area contributed by atoms with Gasteiger partial charge in [0.05, 0.1) is 31.8 Å². The Labute approximate surface area is 188 Å². The highest BCUT2D eigenvalue weighted by atomic mass is 35.5. The summed E-state index contributed by atoms with van der Waals surface area (Å²) in [6, 6.07) is 9.63. The molecule has 0 bridgehead atoms. The molecule has 2 aliphatic rings. The molecule has 2 aromatic rings. The van der Waals surface area contributed by atoms with Gasteiger partial charge in [0.15, 0.2) is 0 Å². The normalized spacial score (nSPS) is 19.5. The zero-order chi connectivity index (χ0) is 21.8. The van der Waals surface area contributed by atoms with Crippen LogP contribution in [0.15, 0.2) is 36.5 Å². The molecule has 0 radical (unpaired) electrons. The van der Waals surface area contributed by atoms with Gasteiger partial charge < -0.3 is 19.3 Å². The number of halogens is 1. The molecule has 0 saturated carbocycles. The fourth-order valence-corrected chi connectivity index (χ4v) is 4.57. The number of anilines is 1. The highest BCUT2D eigenvalue weighted by molar-refractivity contribution is 6.30. The van der Waals surface area contributed by atoms with Crippen LogP contribution >= 0.6 is 11.6 Å². The maximum absolute atomic E-state index is 13.2. The van der Waals surface area contributed by atoms with Gasteiger partial charge in [0.2, 0.25) is 5.91 Å². The van der Waals surface area contributed by atoms with Gasteiger partial charge in [-0.1, -0.05) is 11.6 Å². The Kier molecular flexibility index (Phi) is 6.83. The fraction of sp³-hybridized carbons (Fsp3) is 0.478. The molecule has 1 amide bonds. The first kappa shape index (κ1) is 21.7. The third kappa shape index (κ3) is 4.88. The van der Waals surface area contributed by atoms with Crippen LogP contribution in [0.25, 0.3) is 0 Å². The Morgan fingerprint density at radius 3 is 2.58 bits per heavy atom. The number of nitrogens with zero attached hydrogens (tertiary/aromatic N) is 4. The number of pyridine rings is 1. The monoisotopic (exact) mass is 444 g/mol. The van der Waals surface area contributed by atoms with E-state index < -0.39 is 0 Å². The molecular weight excluding hydrogens is 416 g/mol. The predicted octanol–water partition coefficient (Wildman–Crippen LogP) is 3.24. The maximum Gasteiger partial charge on any atom is 0.237 e. The molecule has 1 aromatic heterocycles. The zero-order valence-corrected chi connectivity index (χ0v) is 18.8. The summed E-state index contributed by atoms with van der Waals surface area (Å²) in [4.78, 5) is 24.1. The predicted molar refractivity (Wildman–Crippen MR) is 121 cm³/mol. The average Bonchev–Trinajstić information content (AvgIpc) is 3.30. The van der Waals surface area contributed by atoms with E-state index in [1.807, 2.05) is 35.2 Å². The Balaban J connectivity index is 1.38. The van der Waals surface area contributed by atoms with Gasteiger partial charge in [0.1, 0.15) is 17.3 Å². The Bertz CT molecular complexity index is 900. The van der Waals surface area contributed by atoms with E-state index in [0.29, 0.717) is 11.6 Å². The summed E-state index contributed by atoms with van der Waals surface area (Å²) in [5, 5.41) is 0.640. The molecule has 0 aliphatic carbocycles. The number of carbonyl (C=O) groups is 1. The van der Waals surface area contributed by atoms with E-state index in [2.05, 4.69) is 14.8 Å². The first-order valence-electron chi connectivity index (χ1n) is 10.7. The molecule has 2 saturated heterocycles. The lowest BCUT2D eigenvalue weighted by atomic mass is 10.0. The van der Waals surface area contributed by atoms with Crippen molar-refractivity contribution in [1.29, 1.82) is 0 Å². The van der Waals surface area contributed by atoms with E-state index in [0.717, 1.165) is 68.4 Å². The quantitative estimate of drug-likeness (QED) is 0.681. The largest absolute Gasteiger partial charge is 0.497 e. The van der Waals surface area contributed by atoms with Gasteiger partial charge in [-0.3, -0.25) is 9.69 Å². The maximum atomic E-state index is 13.2. The van der Waals surface area contributed by atoms with Crippen molar-refractivity contribution in [3.8, 4) is 11.5 Å². The number of benzene rings is 1. The van der Waals surface area contributed by atoms with E-state index in [9.17, 15) is 4.79 Å². The summed E-state index contributed by atoms with van der Waals surface area (Å²) >= 11 is 5.94. The van der Waals surface area contributed by atoms with Crippen molar-refractivity contribution in [3.63, 3.8) is 0 Å². The topological polar surface area (TPSA) is 58.1 Å². The summed E-state index contributed by atoms with van der Waals surface area (Å²) in [6.07, 6.45) is 3.60. The van der Waals surface area contributed by atoms with Gasteiger partial charge in [-0.25, -0.2) is 4.98 Å².